The van der Waals surface area contributed by atoms with E-state index in [0.29, 0.717) is 0 Å². The molecule has 0 spiro atoms. The molecule has 1 atom stereocenters. The van der Waals surface area contributed by atoms with Crippen LogP contribution in [-0.4, -0.2) is 30.3 Å². The SMILES string of the molecule is CCCCC1(CC)OCCN1CC. The van der Waals surface area contributed by atoms with Crippen LogP contribution in [0.4, 0.5) is 0 Å². The molecular weight excluding hydrogens is 162 g/mol. The van der Waals surface area contributed by atoms with E-state index in [1.807, 2.05) is 0 Å². The molecule has 1 fully saturated rings. The van der Waals surface area contributed by atoms with E-state index in [4.69, 9.17) is 4.74 Å². The van der Waals surface area contributed by atoms with E-state index in [1.54, 1.807) is 0 Å². The number of likely N-dealkylation sites (N-methyl/N-ethyl adjacent to an activating group) is 1. The Morgan fingerprint density at radius 1 is 1.31 bits per heavy atom. The van der Waals surface area contributed by atoms with Crippen molar-refractivity contribution in [2.24, 2.45) is 0 Å². The molecule has 1 rings (SSSR count). The Morgan fingerprint density at radius 2 is 2.08 bits per heavy atom. The van der Waals surface area contributed by atoms with Gasteiger partial charge < -0.3 is 4.74 Å². The first-order valence-corrected chi connectivity index (χ1v) is 5.68. The quantitative estimate of drug-likeness (QED) is 0.653. The predicted molar refractivity (Wildman–Crippen MR) is 55.7 cm³/mol. The molecule has 0 bridgehead atoms. The average Bonchev–Trinajstić information content (AvgIpc) is 2.58. The first-order valence-electron chi connectivity index (χ1n) is 5.68. The van der Waals surface area contributed by atoms with Crippen molar-refractivity contribution >= 4 is 0 Å². The minimum absolute atomic E-state index is 0.0881. The number of hydrogen-bond donors (Lipinski definition) is 0. The Bertz CT molecular complexity index is 149. The van der Waals surface area contributed by atoms with Gasteiger partial charge in [0.2, 0.25) is 0 Å². The van der Waals surface area contributed by atoms with E-state index in [0.717, 1.165) is 26.1 Å². The number of rotatable bonds is 5. The molecule has 0 aromatic rings. The van der Waals surface area contributed by atoms with E-state index >= 15 is 0 Å². The molecule has 1 unspecified atom stereocenters. The molecule has 1 heterocycles. The normalized spacial score (nSPS) is 29.8. The van der Waals surface area contributed by atoms with Crippen LogP contribution in [0.25, 0.3) is 0 Å². The average molecular weight is 185 g/mol. The van der Waals surface area contributed by atoms with Crippen LogP contribution in [0.5, 0.6) is 0 Å². The zero-order valence-electron chi connectivity index (χ0n) is 9.31. The number of unbranched alkanes of at least 4 members (excludes halogenated alkanes) is 1. The summed E-state index contributed by atoms with van der Waals surface area (Å²) in [6.07, 6.45) is 4.88. The van der Waals surface area contributed by atoms with Gasteiger partial charge in [-0.1, -0.05) is 27.2 Å². The van der Waals surface area contributed by atoms with Crippen LogP contribution >= 0.6 is 0 Å². The van der Waals surface area contributed by atoms with Gasteiger partial charge in [-0.25, -0.2) is 0 Å². The predicted octanol–water partition coefficient (Wildman–Crippen LogP) is 2.64. The van der Waals surface area contributed by atoms with E-state index in [-0.39, 0.29) is 5.72 Å². The summed E-state index contributed by atoms with van der Waals surface area (Å²) in [6, 6.07) is 0. The lowest BCUT2D eigenvalue weighted by molar-refractivity contribution is -0.0903. The molecule has 0 aromatic carbocycles. The topological polar surface area (TPSA) is 12.5 Å². The van der Waals surface area contributed by atoms with E-state index in [1.165, 1.54) is 19.3 Å². The molecule has 1 aliphatic rings. The third kappa shape index (κ3) is 2.23. The zero-order chi connectivity index (χ0) is 9.73. The zero-order valence-corrected chi connectivity index (χ0v) is 9.31. The van der Waals surface area contributed by atoms with Crippen molar-refractivity contribution in [3.05, 3.63) is 0 Å². The third-order valence-corrected chi connectivity index (χ3v) is 3.16. The minimum atomic E-state index is 0.0881. The molecule has 1 aliphatic heterocycles. The van der Waals surface area contributed by atoms with Crippen molar-refractivity contribution in [1.29, 1.82) is 0 Å². The summed E-state index contributed by atoms with van der Waals surface area (Å²) in [6.45, 7) is 9.88. The van der Waals surface area contributed by atoms with Gasteiger partial charge in [-0.3, -0.25) is 4.90 Å². The molecule has 0 aromatic heterocycles. The summed E-state index contributed by atoms with van der Waals surface area (Å²) in [5.74, 6) is 0. The van der Waals surface area contributed by atoms with Crippen LogP contribution in [0.3, 0.4) is 0 Å². The Balaban J connectivity index is 2.55. The largest absolute Gasteiger partial charge is 0.359 e. The van der Waals surface area contributed by atoms with Crippen LogP contribution in [0.15, 0.2) is 0 Å². The molecule has 1 saturated heterocycles. The summed E-state index contributed by atoms with van der Waals surface area (Å²) >= 11 is 0. The van der Waals surface area contributed by atoms with Gasteiger partial charge in [-0.2, -0.15) is 0 Å². The lowest BCUT2D eigenvalue weighted by Gasteiger charge is -2.35. The molecule has 78 valence electrons. The third-order valence-electron chi connectivity index (χ3n) is 3.16. The molecule has 2 heteroatoms. The van der Waals surface area contributed by atoms with Crippen molar-refractivity contribution < 1.29 is 4.74 Å². The second-order valence-corrected chi connectivity index (χ2v) is 3.83. The lowest BCUT2D eigenvalue weighted by Crippen LogP contribution is -2.44. The summed E-state index contributed by atoms with van der Waals surface area (Å²) in [5.41, 5.74) is 0.0881. The van der Waals surface area contributed by atoms with Gasteiger partial charge in [0.15, 0.2) is 0 Å². The van der Waals surface area contributed by atoms with Crippen molar-refractivity contribution in [2.45, 2.75) is 52.2 Å². The summed E-state index contributed by atoms with van der Waals surface area (Å²) in [5, 5.41) is 0. The molecule has 0 radical (unpaired) electrons. The van der Waals surface area contributed by atoms with E-state index in [9.17, 15) is 0 Å². The molecule has 13 heavy (non-hydrogen) atoms. The summed E-state index contributed by atoms with van der Waals surface area (Å²) in [7, 11) is 0. The fourth-order valence-electron chi connectivity index (χ4n) is 2.27. The first-order chi connectivity index (χ1) is 6.29. The molecule has 0 amide bonds. The van der Waals surface area contributed by atoms with Crippen LogP contribution in [0, 0.1) is 0 Å². The highest BCUT2D eigenvalue weighted by molar-refractivity contribution is 4.84. The van der Waals surface area contributed by atoms with Gasteiger partial charge in [0, 0.05) is 6.54 Å². The van der Waals surface area contributed by atoms with Crippen molar-refractivity contribution in [2.75, 3.05) is 19.7 Å². The van der Waals surface area contributed by atoms with Gasteiger partial charge in [0.25, 0.3) is 0 Å². The second kappa shape index (κ2) is 4.97. The monoisotopic (exact) mass is 185 g/mol. The van der Waals surface area contributed by atoms with E-state index in [2.05, 4.69) is 25.7 Å². The molecule has 2 nitrogen and oxygen atoms in total. The summed E-state index contributed by atoms with van der Waals surface area (Å²) < 4.78 is 5.92. The molecule has 0 N–H and O–H groups in total. The standard InChI is InChI=1S/C11H23NO/c1-4-7-8-11(5-2)12(6-3)9-10-13-11/h4-10H2,1-3H3. The summed E-state index contributed by atoms with van der Waals surface area (Å²) in [4.78, 5) is 2.49. The highest BCUT2D eigenvalue weighted by Gasteiger charge is 2.38. The second-order valence-electron chi connectivity index (χ2n) is 3.83. The fourth-order valence-corrected chi connectivity index (χ4v) is 2.27. The molecule has 0 aliphatic carbocycles. The van der Waals surface area contributed by atoms with E-state index < -0.39 is 0 Å². The Hall–Kier alpha value is -0.0800. The Labute approximate surface area is 82.3 Å². The van der Waals surface area contributed by atoms with Crippen molar-refractivity contribution in [1.82, 2.24) is 4.90 Å². The van der Waals surface area contributed by atoms with Crippen molar-refractivity contribution in [3.63, 3.8) is 0 Å². The van der Waals surface area contributed by atoms with Gasteiger partial charge in [0.1, 0.15) is 5.72 Å². The van der Waals surface area contributed by atoms with Gasteiger partial charge in [0.05, 0.1) is 6.61 Å². The highest BCUT2D eigenvalue weighted by atomic mass is 16.5. The van der Waals surface area contributed by atoms with Gasteiger partial charge in [-0.05, 0) is 25.8 Å². The van der Waals surface area contributed by atoms with Gasteiger partial charge >= 0.3 is 0 Å². The Morgan fingerprint density at radius 3 is 2.62 bits per heavy atom. The first kappa shape index (κ1) is 11.0. The maximum atomic E-state index is 5.92. The maximum absolute atomic E-state index is 5.92. The van der Waals surface area contributed by atoms with Crippen LogP contribution < -0.4 is 0 Å². The fraction of sp³-hybridized carbons (Fsp3) is 1.00. The lowest BCUT2D eigenvalue weighted by atomic mass is 10.0. The number of hydrogen-bond acceptors (Lipinski definition) is 2. The van der Waals surface area contributed by atoms with Gasteiger partial charge in [-0.15, -0.1) is 0 Å². The molecular formula is C11H23NO. The maximum Gasteiger partial charge on any atom is 0.121 e. The van der Waals surface area contributed by atoms with Crippen LogP contribution in [0.1, 0.15) is 46.5 Å². The minimum Gasteiger partial charge on any atom is -0.359 e. The number of nitrogens with zero attached hydrogens (tertiary/aromatic N) is 1. The highest BCUT2D eigenvalue weighted by Crippen LogP contribution is 2.31. The van der Waals surface area contributed by atoms with Crippen LogP contribution in [0.2, 0.25) is 0 Å². The molecule has 0 saturated carbocycles. The van der Waals surface area contributed by atoms with Crippen LogP contribution in [-0.2, 0) is 4.74 Å². The Kier molecular flexibility index (Phi) is 4.20. The van der Waals surface area contributed by atoms with Crippen molar-refractivity contribution in [3.8, 4) is 0 Å². The smallest absolute Gasteiger partial charge is 0.121 e. The number of ether oxygens (including phenoxy) is 1.